The zero-order chi connectivity index (χ0) is 23.1. The van der Waals surface area contributed by atoms with Crippen molar-refractivity contribution in [3.05, 3.63) is 58.7 Å². The number of hydrogen-bond donors (Lipinski definition) is 1. The highest BCUT2D eigenvalue weighted by Gasteiger charge is 2.24. The summed E-state index contributed by atoms with van der Waals surface area (Å²) in [4.78, 5) is 27.2. The molecule has 0 aromatic heterocycles. The zero-order valence-corrected chi connectivity index (χ0v) is 19.6. The number of amides is 2. The van der Waals surface area contributed by atoms with E-state index in [2.05, 4.69) is 5.32 Å². The fourth-order valence-corrected chi connectivity index (χ4v) is 3.98. The molecule has 1 aliphatic heterocycles. The van der Waals surface area contributed by atoms with Crippen molar-refractivity contribution in [3.63, 3.8) is 0 Å². The van der Waals surface area contributed by atoms with Gasteiger partial charge in [-0.2, -0.15) is 0 Å². The summed E-state index contributed by atoms with van der Waals surface area (Å²) in [6.07, 6.45) is 2.67. The van der Waals surface area contributed by atoms with Crippen molar-refractivity contribution in [2.75, 3.05) is 26.8 Å². The standard InChI is InChI=1S/C26H34N2O4/c1-5-32-23-10-7-20(17-24(23)31-4)8-11-25(29)28-14-12-22(13-15-28)27-26(30)21-9-6-18(2)19(3)16-21/h6-7,9-10,16-17,22H,5,8,11-15H2,1-4H3,(H,27,30). The molecule has 172 valence electrons. The van der Waals surface area contributed by atoms with Crippen LogP contribution in [0.15, 0.2) is 36.4 Å². The SMILES string of the molecule is CCOc1ccc(CCC(=O)N2CCC(NC(=O)c3ccc(C)c(C)c3)CC2)cc1OC. The monoisotopic (exact) mass is 438 g/mol. The Morgan fingerprint density at radius 1 is 1.03 bits per heavy atom. The summed E-state index contributed by atoms with van der Waals surface area (Å²) in [7, 11) is 1.62. The average Bonchev–Trinajstić information content (AvgIpc) is 2.80. The third-order valence-corrected chi connectivity index (χ3v) is 6.11. The lowest BCUT2D eigenvalue weighted by Crippen LogP contribution is -2.46. The largest absolute Gasteiger partial charge is 0.493 e. The Bertz CT molecular complexity index is 949. The average molecular weight is 439 g/mol. The molecule has 0 aliphatic carbocycles. The van der Waals surface area contributed by atoms with Crippen LogP contribution in [0.5, 0.6) is 11.5 Å². The minimum Gasteiger partial charge on any atom is -0.493 e. The normalized spacial score (nSPS) is 14.2. The zero-order valence-electron chi connectivity index (χ0n) is 19.6. The second-order valence-corrected chi connectivity index (χ2v) is 8.35. The van der Waals surface area contributed by atoms with Gasteiger partial charge in [-0.3, -0.25) is 9.59 Å². The Balaban J connectivity index is 1.46. The summed E-state index contributed by atoms with van der Waals surface area (Å²) in [6.45, 7) is 7.90. The van der Waals surface area contributed by atoms with Gasteiger partial charge in [-0.05, 0) is 81.0 Å². The number of ether oxygens (including phenoxy) is 2. The van der Waals surface area contributed by atoms with Gasteiger partial charge in [0.1, 0.15) is 0 Å². The highest BCUT2D eigenvalue weighted by atomic mass is 16.5. The number of benzene rings is 2. The molecule has 0 radical (unpaired) electrons. The number of rotatable bonds is 8. The van der Waals surface area contributed by atoms with Crippen molar-refractivity contribution < 1.29 is 19.1 Å². The smallest absolute Gasteiger partial charge is 0.251 e. The van der Waals surface area contributed by atoms with Crippen LogP contribution in [0.4, 0.5) is 0 Å². The Labute approximate surface area is 190 Å². The fraction of sp³-hybridized carbons (Fsp3) is 0.462. The quantitative estimate of drug-likeness (QED) is 0.675. The maximum atomic E-state index is 12.7. The molecule has 1 N–H and O–H groups in total. The Kier molecular flexibility index (Phi) is 8.14. The van der Waals surface area contributed by atoms with E-state index in [0.29, 0.717) is 43.9 Å². The lowest BCUT2D eigenvalue weighted by Gasteiger charge is -2.32. The molecule has 0 atom stereocenters. The number of piperidine rings is 1. The number of carbonyl (C=O) groups is 2. The molecule has 3 rings (SSSR count). The molecule has 0 spiro atoms. The fourth-order valence-electron chi connectivity index (χ4n) is 3.98. The third kappa shape index (κ3) is 6.02. The van der Waals surface area contributed by atoms with Gasteiger partial charge in [0.05, 0.1) is 13.7 Å². The van der Waals surface area contributed by atoms with E-state index in [-0.39, 0.29) is 17.9 Å². The van der Waals surface area contributed by atoms with Crippen LogP contribution in [-0.2, 0) is 11.2 Å². The molecular weight excluding hydrogens is 404 g/mol. The van der Waals surface area contributed by atoms with Gasteiger partial charge >= 0.3 is 0 Å². The van der Waals surface area contributed by atoms with Crippen LogP contribution >= 0.6 is 0 Å². The first-order chi connectivity index (χ1) is 15.4. The Hall–Kier alpha value is -3.02. The lowest BCUT2D eigenvalue weighted by molar-refractivity contribution is -0.132. The van der Waals surface area contributed by atoms with Crippen molar-refractivity contribution in [2.45, 2.75) is 52.5 Å². The van der Waals surface area contributed by atoms with Gasteiger partial charge in [-0.15, -0.1) is 0 Å². The number of nitrogens with zero attached hydrogens (tertiary/aromatic N) is 1. The molecule has 1 heterocycles. The molecule has 6 nitrogen and oxygen atoms in total. The number of likely N-dealkylation sites (tertiary alicyclic amines) is 1. The molecule has 0 unspecified atom stereocenters. The van der Waals surface area contributed by atoms with Gasteiger partial charge in [-0.1, -0.05) is 12.1 Å². The van der Waals surface area contributed by atoms with E-state index in [1.165, 1.54) is 5.56 Å². The van der Waals surface area contributed by atoms with Gasteiger partial charge in [0.25, 0.3) is 5.91 Å². The molecule has 1 fully saturated rings. The van der Waals surface area contributed by atoms with Crippen molar-refractivity contribution in [1.29, 1.82) is 0 Å². The number of carbonyl (C=O) groups excluding carboxylic acids is 2. The molecule has 2 amide bonds. The highest BCUT2D eigenvalue weighted by molar-refractivity contribution is 5.94. The van der Waals surface area contributed by atoms with Gasteiger partial charge < -0.3 is 19.7 Å². The first-order valence-electron chi connectivity index (χ1n) is 11.4. The molecule has 2 aromatic rings. The minimum absolute atomic E-state index is 0.0395. The predicted octanol–water partition coefficient (Wildman–Crippen LogP) is 4.06. The van der Waals surface area contributed by atoms with E-state index >= 15 is 0 Å². The molecular formula is C26H34N2O4. The van der Waals surface area contributed by atoms with Gasteiger partial charge in [0.15, 0.2) is 11.5 Å². The maximum absolute atomic E-state index is 12.7. The molecule has 1 aliphatic rings. The summed E-state index contributed by atoms with van der Waals surface area (Å²) in [6, 6.07) is 11.7. The second kappa shape index (κ2) is 11.0. The lowest BCUT2D eigenvalue weighted by atomic mass is 10.0. The molecule has 0 saturated carbocycles. The first-order valence-corrected chi connectivity index (χ1v) is 11.4. The van der Waals surface area contributed by atoms with Crippen molar-refractivity contribution in [3.8, 4) is 11.5 Å². The van der Waals surface area contributed by atoms with Crippen LogP contribution in [-0.4, -0.2) is 49.6 Å². The first kappa shape index (κ1) is 23.6. The summed E-state index contributed by atoms with van der Waals surface area (Å²) < 4.78 is 10.9. The van der Waals surface area contributed by atoms with Crippen LogP contribution in [0.2, 0.25) is 0 Å². The third-order valence-electron chi connectivity index (χ3n) is 6.11. The number of aryl methyl sites for hydroxylation is 3. The van der Waals surface area contributed by atoms with Crippen LogP contribution in [0.3, 0.4) is 0 Å². The van der Waals surface area contributed by atoms with E-state index < -0.39 is 0 Å². The van der Waals surface area contributed by atoms with Gasteiger partial charge in [-0.25, -0.2) is 0 Å². The van der Waals surface area contributed by atoms with E-state index in [0.717, 1.165) is 29.7 Å². The van der Waals surface area contributed by atoms with Crippen LogP contribution < -0.4 is 14.8 Å². The van der Waals surface area contributed by atoms with E-state index in [9.17, 15) is 9.59 Å². The topological polar surface area (TPSA) is 67.9 Å². The summed E-state index contributed by atoms with van der Waals surface area (Å²) >= 11 is 0. The molecule has 0 bridgehead atoms. The van der Waals surface area contributed by atoms with E-state index in [1.54, 1.807) is 7.11 Å². The summed E-state index contributed by atoms with van der Waals surface area (Å²) in [5, 5.41) is 3.12. The number of methoxy groups -OCH3 is 1. The maximum Gasteiger partial charge on any atom is 0.251 e. The summed E-state index contributed by atoms with van der Waals surface area (Å²) in [5.74, 6) is 1.52. The highest BCUT2D eigenvalue weighted by Crippen LogP contribution is 2.28. The summed E-state index contributed by atoms with van der Waals surface area (Å²) in [5.41, 5.74) is 4.03. The van der Waals surface area contributed by atoms with Crippen molar-refractivity contribution in [2.24, 2.45) is 0 Å². The minimum atomic E-state index is -0.0395. The van der Waals surface area contributed by atoms with Gasteiger partial charge in [0, 0.05) is 31.1 Å². The second-order valence-electron chi connectivity index (χ2n) is 8.35. The Morgan fingerprint density at radius 3 is 2.44 bits per heavy atom. The Morgan fingerprint density at radius 2 is 1.78 bits per heavy atom. The van der Waals surface area contributed by atoms with Crippen LogP contribution in [0, 0.1) is 13.8 Å². The van der Waals surface area contributed by atoms with Gasteiger partial charge in [0.2, 0.25) is 5.91 Å². The van der Waals surface area contributed by atoms with Crippen LogP contribution in [0.25, 0.3) is 0 Å². The number of hydrogen-bond acceptors (Lipinski definition) is 4. The molecule has 32 heavy (non-hydrogen) atoms. The predicted molar refractivity (Wildman–Crippen MR) is 125 cm³/mol. The van der Waals surface area contributed by atoms with Crippen molar-refractivity contribution >= 4 is 11.8 Å². The van der Waals surface area contributed by atoms with E-state index in [4.69, 9.17) is 9.47 Å². The molecule has 6 heteroatoms. The molecule has 2 aromatic carbocycles. The van der Waals surface area contributed by atoms with Crippen molar-refractivity contribution in [1.82, 2.24) is 10.2 Å². The van der Waals surface area contributed by atoms with Crippen LogP contribution in [0.1, 0.15) is 53.2 Å². The number of nitrogens with one attached hydrogen (secondary N) is 1. The molecule has 1 saturated heterocycles. The van der Waals surface area contributed by atoms with E-state index in [1.807, 2.05) is 62.1 Å².